The van der Waals surface area contributed by atoms with E-state index in [2.05, 4.69) is 5.32 Å². The van der Waals surface area contributed by atoms with Gasteiger partial charge in [-0.2, -0.15) is 4.31 Å². The van der Waals surface area contributed by atoms with Gasteiger partial charge in [0, 0.05) is 26.2 Å². The summed E-state index contributed by atoms with van der Waals surface area (Å²) < 4.78 is 31.7. The zero-order valence-corrected chi connectivity index (χ0v) is 13.5. The Morgan fingerprint density at radius 1 is 1.24 bits per heavy atom. The zero-order valence-electron chi connectivity index (χ0n) is 12.7. The molecule has 1 aliphatic rings. The van der Waals surface area contributed by atoms with Crippen LogP contribution < -0.4 is 5.32 Å². The summed E-state index contributed by atoms with van der Waals surface area (Å²) in [4.78, 5) is 0. The molecular weight excluding hydrogens is 288 g/mol. The summed E-state index contributed by atoms with van der Waals surface area (Å²) in [6, 6.07) is 7.90. The molecule has 6 heteroatoms. The second kappa shape index (κ2) is 7.35. The number of sulfonamides is 1. The molecule has 0 amide bonds. The van der Waals surface area contributed by atoms with Crippen molar-refractivity contribution < 1.29 is 13.2 Å². The van der Waals surface area contributed by atoms with Gasteiger partial charge in [-0.1, -0.05) is 24.3 Å². The Morgan fingerprint density at radius 3 is 2.38 bits per heavy atom. The highest BCUT2D eigenvalue weighted by Gasteiger charge is 2.36. The van der Waals surface area contributed by atoms with E-state index < -0.39 is 10.0 Å². The van der Waals surface area contributed by atoms with Crippen molar-refractivity contribution in [3.05, 3.63) is 35.4 Å². The van der Waals surface area contributed by atoms with E-state index in [9.17, 15) is 8.42 Å². The van der Waals surface area contributed by atoms with Crippen LogP contribution in [0.3, 0.4) is 0 Å². The van der Waals surface area contributed by atoms with Crippen LogP contribution in [0, 0.1) is 0 Å². The number of hydrogen-bond acceptors (Lipinski definition) is 4. The van der Waals surface area contributed by atoms with E-state index in [1.165, 1.54) is 0 Å². The van der Waals surface area contributed by atoms with E-state index in [4.69, 9.17) is 4.74 Å². The first-order chi connectivity index (χ1) is 10.1. The van der Waals surface area contributed by atoms with E-state index >= 15 is 0 Å². The first kappa shape index (κ1) is 16.4. The summed E-state index contributed by atoms with van der Waals surface area (Å²) >= 11 is 0. The fourth-order valence-electron chi connectivity index (χ4n) is 2.34. The molecule has 1 fully saturated rings. The third-order valence-electron chi connectivity index (χ3n) is 3.58. The summed E-state index contributed by atoms with van der Waals surface area (Å²) in [7, 11) is 0.214. The normalized spacial score (nSPS) is 15.6. The Hall–Kier alpha value is -0.950. The van der Waals surface area contributed by atoms with Crippen molar-refractivity contribution in [1.29, 1.82) is 0 Å². The van der Waals surface area contributed by atoms with E-state index in [0.29, 0.717) is 13.2 Å². The van der Waals surface area contributed by atoms with Gasteiger partial charge in [0.15, 0.2) is 0 Å². The van der Waals surface area contributed by atoms with E-state index in [0.717, 1.165) is 30.5 Å². The highest BCUT2D eigenvalue weighted by molar-refractivity contribution is 7.88. The average molecular weight is 312 g/mol. The predicted molar refractivity (Wildman–Crippen MR) is 83.4 cm³/mol. The van der Waals surface area contributed by atoms with Gasteiger partial charge in [-0.05, 0) is 31.0 Å². The smallest absolute Gasteiger partial charge is 0.218 e. The SMILES string of the molecule is CNCc1ccc(CS(=O)(=O)N(CCOC)C2CC2)cc1. The number of nitrogens with zero attached hydrogens (tertiary/aromatic N) is 1. The van der Waals surface area contributed by atoms with E-state index in [-0.39, 0.29) is 11.8 Å². The molecule has 1 N–H and O–H groups in total. The molecule has 0 bridgehead atoms. The largest absolute Gasteiger partial charge is 0.383 e. The average Bonchev–Trinajstić information content (AvgIpc) is 3.26. The first-order valence-corrected chi connectivity index (χ1v) is 8.88. The van der Waals surface area contributed by atoms with Crippen molar-refractivity contribution >= 4 is 10.0 Å². The maximum absolute atomic E-state index is 12.6. The molecule has 0 saturated heterocycles. The van der Waals surface area contributed by atoms with Gasteiger partial charge in [-0.15, -0.1) is 0 Å². The number of rotatable bonds is 9. The predicted octanol–water partition coefficient (Wildman–Crippen LogP) is 1.35. The van der Waals surface area contributed by atoms with E-state index in [1.54, 1.807) is 11.4 Å². The van der Waals surface area contributed by atoms with Crippen LogP contribution in [0.2, 0.25) is 0 Å². The lowest BCUT2D eigenvalue weighted by molar-refractivity contribution is 0.177. The van der Waals surface area contributed by atoms with Crippen LogP contribution in [0.25, 0.3) is 0 Å². The van der Waals surface area contributed by atoms with Gasteiger partial charge in [0.1, 0.15) is 0 Å². The van der Waals surface area contributed by atoms with E-state index in [1.807, 2.05) is 31.3 Å². The standard InChI is InChI=1S/C15H24N2O3S/c1-16-11-13-3-5-14(6-4-13)12-21(18,19)17(9-10-20-2)15-7-8-15/h3-6,15-16H,7-12H2,1-2H3. The molecule has 0 spiro atoms. The quantitative estimate of drug-likeness (QED) is 0.748. The molecule has 1 saturated carbocycles. The van der Waals surface area contributed by atoms with Crippen molar-refractivity contribution in [2.24, 2.45) is 0 Å². The van der Waals surface area contributed by atoms with Crippen LogP contribution in [-0.4, -0.2) is 46.1 Å². The molecule has 0 aliphatic heterocycles. The third kappa shape index (κ3) is 4.78. The Balaban J connectivity index is 2.04. The van der Waals surface area contributed by atoms with Crippen molar-refractivity contribution in [3.63, 3.8) is 0 Å². The van der Waals surface area contributed by atoms with Crippen LogP contribution in [0.4, 0.5) is 0 Å². The summed E-state index contributed by atoms with van der Waals surface area (Å²) in [5.74, 6) is 0.0625. The molecule has 0 aromatic heterocycles. The molecule has 0 atom stereocenters. The number of methoxy groups -OCH3 is 1. The molecule has 0 heterocycles. The summed E-state index contributed by atoms with van der Waals surface area (Å²) in [5, 5.41) is 3.08. The third-order valence-corrected chi connectivity index (χ3v) is 5.47. The number of ether oxygens (including phenoxy) is 1. The minimum Gasteiger partial charge on any atom is -0.383 e. The molecule has 21 heavy (non-hydrogen) atoms. The monoisotopic (exact) mass is 312 g/mol. The van der Waals surface area contributed by atoms with Gasteiger partial charge in [-0.3, -0.25) is 0 Å². The topological polar surface area (TPSA) is 58.6 Å². The Morgan fingerprint density at radius 2 is 1.86 bits per heavy atom. The van der Waals surface area contributed by atoms with Gasteiger partial charge in [0.25, 0.3) is 0 Å². The molecule has 118 valence electrons. The lowest BCUT2D eigenvalue weighted by Crippen LogP contribution is -2.36. The van der Waals surface area contributed by atoms with Gasteiger partial charge in [0.05, 0.1) is 12.4 Å². The van der Waals surface area contributed by atoms with Crippen LogP contribution in [0.15, 0.2) is 24.3 Å². The molecule has 0 radical (unpaired) electrons. The summed E-state index contributed by atoms with van der Waals surface area (Å²) in [6.07, 6.45) is 1.92. The minimum absolute atomic E-state index is 0.0625. The summed E-state index contributed by atoms with van der Waals surface area (Å²) in [5.41, 5.74) is 1.98. The molecular formula is C15H24N2O3S. The Labute approximate surface area is 127 Å². The highest BCUT2D eigenvalue weighted by atomic mass is 32.2. The molecule has 1 aromatic carbocycles. The Bertz CT molecular complexity index is 539. The van der Waals surface area contributed by atoms with Crippen molar-refractivity contribution in [3.8, 4) is 0 Å². The Kier molecular flexibility index (Phi) is 5.75. The fourth-order valence-corrected chi connectivity index (χ4v) is 4.14. The van der Waals surface area contributed by atoms with Gasteiger partial charge in [-0.25, -0.2) is 8.42 Å². The van der Waals surface area contributed by atoms with Crippen molar-refractivity contribution in [2.75, 3.05) is 27.3 Å². The molecule has 5 nitrogen and oxygen atoms in total. The number of benzene rings is 1. The van der Waals surface area contributed by atoms with Crippen molar-refractivity contribution in [2.45, 2.75) is 31.2 Å². The fraction of sp³-hybridized carbons (Fsp3) is 0.600. The number of nitrogens with one attached hydrogen (secondary N) is 1. The highest BCUT2D eigenvalue weighted by Crippen LogP contribution is 2.30. The van der Waals surface area contributed by atoms with Crippen LogP contribution in [-0.2, 0) is 27.1 Å². The van der Waals surface area contributed by atoms with Crippen molar-refractivity contribution in [1.82, 2.24) is 9.62 Å². The molecule has 0 unspecified atom stereocenters. The first-order valence-electron chi connectivity index (χ1n) is 7.27. The minimum atomic E-state index is -3.27. The molecule has 1 aliphatic carbocycles. The zero-order chi connectivity index (χ0) is 15.3. The molecule has 1 aromatic rings. The van der Waals surface area contributed by atoms with Crippen LogP contribution in [0.5, 0.6) is 0 Å². The lowest BCUT2D eigenvalue weighted by atomic mass is 10.1. The van der Waals surface area contributed by atoms with Gasteiger partial charge >= 0.3 is 0 Å². The second-order valence-electron chi connectivity index (χ2n) is 5.44. The second-order valence-corrected chi connectivity index (χ2v) is 7.36. The number of hydrogen-bond donors (Lipinski definition) is 1. The maximum Gasteiger partial charge on any atom is 0.218 e. The molecule has 2 rings (SSSR count). The van der Waals surface area contributed by atoms with Gasteiger partial charge in [0.2, 0.25) is 10.0 Å². The van der Waals surface area contributed by atoms with Crippen LogP contribution >= 0.6 is 0 Å². The van der Waals surface area contributed by atoms with Crippen LogP contribution in [0.1, 0.15) is 24.0 Å². The van der Waals surface area contributed by atoms with Gasteiger partial charge < -0.3 is 10.1 Å². The lowest BCUT2D eigenvalue weighted by Gasteiger charge is -2.21. The maximum atomic E-state index is 12.6. The summed E-state index contributed by atoms with van der Waals surface area (Å²) in [6.45, 7) is 1.67.